The van der Waals surface area contributed by atoms with Gasteiger partial charge in [-0.15, -0.1) is 0 Å². The minimum atomic E-state index is -0.568. The van der Waals surface area contributed by atoms with Crippen LogP contribution in [0.1, 0.15) is 6.92 Å². The van der Waals surface area contributed by atoms with Crippen LogP contribution in [0.4, 0.5) is 10.5 Å². The summed E-state index contributed by atoms with van der Waals surface area (Å²) in [6.45, 7) is 2.01. The first-order chi connectivity index (χ1) is 8.12. The molecule has 0 bridgehead atoms. The maximum Gasteiger partial charge on any atom is 0.411 e. The second-order valence-electron chi connectivity index (χ2n) is 3.03. The quantitative estimate of drug-likeness (QED) is 0.903. The Labute approximate surface area is 105 Å². The van der Waals surface area contributed by atoms with E-state index in [0.717, 1.165) is 0 Å². The maximum atomic E-state index is 11.3. The number of hydrogen-bond donors (Lipinski definition) is 1. The van der Waals surface area contributed by atoms with Crippen molar-refractivity contribution in [2.75, 3.05) is 26.1 Å². The fourth-order valence-corrected chi connectivity index (χ4v) is 1.43. The molecular formula is C11H14ClNO4. The van der Waals surface area contributed by atoms with Crippen molar-refractivity contribution >= 4 is 23.4 Å². The number of benzene rings is 1. The van der Waals surface area contributed by atoms with Crippen LogP contribution in [0.25, 0.3) is 0 Å². The molecule has 17 heavy (non-hydrogen) atoms. The van der Waals surface area contributed by atoms with Crippen molar-refractivity contribution in [3.8, 4) is 11.5 Å². The fourth-order valence-electron chi connectivity index (χ4n) is 1.23. The van der Waals surface area contributed by atoms with Crippen LogP contribution in [0.5, 0.6) is 11.5 Å². The molecule has 0 heterocycles. The molecule has 0 aliphatic rings. The highest BCUT2D eigenvalue weighted by Gasteiger charge is 2.12. The van der Waals surface area contributed by atoms with Crippen LogP contribution in [-0.2, 0) is 4.74 Å². The first-order valence-corrected chi connectivity index (χ1v) is 5.35. The van der Waals surface area contributed by atoms with E-state index in [4.69, 9.17) is 25.8 Å². The lowest BCUT2D eigenvalue weighted by Crippen LogP contribution is -2.13. The zero-order chi connectivity index (χ0) is 12.8. The lowest BCUT2D eigenvalue weighted by Gasteiger charge is -2.12. The molecule has 0 spiro atoms. The van der Waals surface area contributed by atoms with Crippen molar-refractivity contribution in [1.29, 1.82) is 0 Å². The van der Waals surface area contributed by atoms with E-state index in [1.54, 1.807) is 19.1 Å². The van der Waals surface area contributed by atoms with Gasteiger partial charge >= 0.3 is 6.09 Å². The van der Waals surface area contributed by atoms with Crippen LogP contribution in [0.2, 0.25) is 5.02 Å². The average Bonchev–Trinajstić information content (AvgIpc) is 2.31. The SMILES string of the molecule is CCOC(=O)Nc1cc(OC)c(OC)cc1Cl. The molecule has 1 aromatic carbocycles. The van der Waals surface area contributed by atoms with E-state index in [1.807, 2.05) is 0 Å². The standard InChI is InChI=1S/C11H14ClNO4/c1-4-17-11(14)13-8-6-10(16-3)9(15-2)5-7(8)12/h5-6H,4H2,1-3H3,(H,13,14). The third-order valence-corrected chi connectivity index (χ3v) is 2.30. The maximum absolute atomic E-state index is 11.3. The van der Waals surface area contributed by atoms with Crippen molar-refractivity contribution in [1.82, 2.24) is 0 Å². The zero-order valence-electron chi connectivity index (χ0n) is 9.87. The summed E-state index contributed by atoms with van der Waals surface area (Å²) in [4.78, 5) is 11.3. The zero-order valence-corrected chi connectivity index (χ0v) is 10.6. The summed E-state index contributed by atoms with van der Waals surface area (Å²) in [5, 5.41) is 2.85. The van der Waals surface area contributed by atoms with Crippen molar-refractivity contribution < 1.29 is 19.0 Å². The van der Waals surface area contributed by atoms with Gasteiger partial charge in [-0.05, 0) is 6.92 Å². The topological polar surface area (TPSA) is 56.8 Å². The number of carbonyl (C=O) groups excluding carboxylic acids is 1. The number of amides is 1. The smallest absolute Gasteiger partial charge is 0.411 e. The second kappa shape index (κ2) is 6.20. The molecule has 0 saturated carbocycles. The summed E-state index contributed by atoms with van der Waals surface area (Å²) >= 11 is 5.98. The van der Waals surface area contributed by atoms with Crippen LogP contribution < -0.4 is 14.8 Å². The van der Waals surface area contributed by atoms with Gasteiger partial charge in [-0.3, -0.25) is 5.32 Å². The summed E-state index contributed by atoms with van der Waals surface area (Å²) in [6.07, 6.45) is -0.568. The summed E-state index contributed by atoms with van der Waals surface area (Å²) < 4.78 is 14.9. The Morgan fingerprint density at radius 2 is 1.88 bits per heavy atom. The molecular weight excluding hydrogens is 246 g/mol. The highest BCUT2D eigenvalue weighted by atomic mass is 35.5. The highest BCUT2D eigenvalue weighted by Crippen LogP contribution is 2.35. The normalized spacial score (nSPS) is 9.65. The van der Waals surface area contributed by atoms with Crippen molar-refractivity contribution in [3.05, 3.63) is 17.2 Å². The van der Waals surface area contributed by atoms with Crippen molar-refractivity contribution in [2.45, 2.75) is 6.92 Å². The molecule has 0 fully saturated rings. The van der Waals surface area contributed by atoms with Gasteiger partial charge < -0.3 is 14.2 Å². The van der Waals surface area contributed by atoms with Crippen LogP contribution in [0, 0.1) is 0 Å². The number of methoxy groups -OCH3 is 2. The Balaban J connectivity index is 2.96. The average molecular weight is 260 g/mol. The number of nitrogens with one attached hydrogen (secondary N) is 1. The Morgan fingerprint density at radius 1 is 1.29 bits per heavy atom. The first kappa shape index (κ1) is 13.4. The lowest BCUT2D eigenvalue weighted by atomic mass is 10.2. The Kier molecular flexibility index (Phi) is 4.90. The second-order valence-corrected chi connectivity index (χ2v) is 3.44. The lowest BCUT2D eigenvalue weighted by molar-refractivity contribution is 0.168. The molecule has 0 saturated heterocycles. The molecule has 1 rings (SSSR count). The van der Waals surface area contributed by atoms with Gasteiger partial charge in [-0.25, -0.2) is 4.79 Å². The largest absolute Gasteiger partial charge is 0.493 e. The Bertz CT molecular complexity index is 409. The minimum absolute atomic E-state index is 0.288. The molecule has 0 aromatic heterocycles. The van der Waals surface area contributed by atoms with Crippen molar-refractivity contribution in [2.24, 2.45) is 0 Å². The summed E-state index contributed by atoms with van der Waals surface area (Å²) in [7, 11) is 3.01. The van der Waals surface area contributed by atoms with E-state index in [1.165, 1.54) is 14.2 Å². The molecule has 1 amide bonds. The summed E-state index contributed by atoms with van der Waals surface area (Å²) in [6, 6.07) is 3.13. The van der Waals surface area contributed by atoms with Gasteiger partial charge in [0.1, 0.15) is 0 Å². The number of hydrogen-bond acceptors (Lipinski definition) is 4. The van der Waals surface area contributed by atoms with E-state index in [9.17, 15) is 4.79 Å². The number of anilines is 1. The van der Waals surface area contributed by atoms with Gasteiger partial charge in [0, 0.05) is 12.1 Å². The molecule has 0 radical (unpaired) electrons. The predicted molar refractivity (Wildman–Crippen MR) is 65.2 cm³/mol. The molecule has 0 unspecified atom stereocenters. The van der Waals surface area contributed by atoms with Gasteiger partial charge in [-0.2, -0.15) is 0 Å². The predicted octanol–water partition coefficient (Wildman–Crippen LogP) is 2.93. The number of rotatable bonds is 4. The third kappa shape index (κ3) is 3.42. The van der Waals surface area contributed by atoms with Crippen LogP contribution in [-0.4, -0.2) is 26.9 Å². The van der Waals surface area contributed by atoms with Crippen molar-refractivity contribution in [3.63, 3.8) is 0 Å². The first-order valence-electron chi connectivity index (χ1n) is 4.97. The number of carbonyl (C=O) groups is 1. The molecule has 0 atom stereocenters. The van der Waals surface area contributed by atoms with E-state index >= 15 is 0 Å². The van der Waals surface area contributed by atoms with E-state index in [-0.39, 0.29) is 6.61 Å². The highest BCUT2D eigenvalue weighted by molar-refractivity contribution is 6.33. The van der Waals surface area contributed by atoms with Crippen LogP contribution in [0.15, 0.2) is 12.1 Å². The monoisotopic (exact) mass is 259 g/mol. The molecule has 0 aliphatic heterocycles. The van der Waals surface area contributed by atoms with E-state index in [0.29, 0.717) is 22.2 Å². The summed E-state index contributed by atoms with van der Waals surface area (Å²) in [5.41, 5.74) is 0.405. The van der Waals surface area contributed by atoms with Gasteiger partial charge in [0.15, 0.2) is 11.5 Å². The molecule has 1 aromatic rings. The molecule has 94 valence electrons. The molecule has 0 aliphatic carbocycles. The van der Waals surface area contributed by atoms with Crippen LogP contribution >= 0.6 is 11.6 Å². The Morgan fingerprint density at radius 3 is 2.41 bits per heavy atom. The Hall–Kier alpha value is -1.62. The molecule has 6 heteroatoms. The number of halogens is 1. The molecule has 1 N–H and O–H groups in total. The van der Waals surface area contributed by atoms with Gasteiger partial charge in [0.2, 0.25) is 0 Å². The van der Waals surface area contributed by atoms with Gasteiger partial charge in [0.25, 0.3) is 0 Å². The van der Waals surface area contributed by atoms with Crippen LogP contribution in [0.3, 0.4) is 0 Å². The fraction of sp³-hybridized carbons (Fsp3) is 0.364. The number of ether oxygens (including phenoxy) is 3. The van der Waals surface area contributed by atoms with Gasteiger partial charge in [-0.1, -0.05) is 11.6 Å². The van der Waals surface area contributed by atoms with Gasteiger partial charge in [0.05, 0.1) is 31.5 Å². The molecule has 5 nitrogen and oxygen atoms in total. The van der Waals surface area contributed by atoms with E-state index in [2.05, 4.69) is 5.32 Å². The minimum Gasteiger partial charge on any atom is -0.493 e. The van der Waals surface area contributed by atoms with E-state index < -0.39 is 6.09 Å². The summed E-state index contributed by atoms with van der Waals surface area (Å²) in [5.74, 6) is 0.968. The third-order valence-electron chi connectivity index (χ3n) is 1.99.